The van der Waals surface area contributed by atoms with E-state index in [0.29, 0.717) is 12.0 Å². The summed E-state index contributed by atoms with van der Waals surface area (Å²) < 4.78 is 0. The van der Waals surface area contributed by atoms with E-state index in [1.54, 1.807) is 0 Å². The lowest BCUT2D eigenvalue weighted by molar-refractivity contribution is 0.410. The standard InChI is InChI=1S/C18H31N/c1-6-7-16(5)12-18(13-19-14(2)3)17-10-8-15(4)9-11-17/h8-11,14,16,18-19H,6-7,12-13H2,1-5H3. The topological polar surface area (TPSA) is 12.0 Å². The monoisotopic (exact) mass is 261 g/mol. The van der Waals surface area contributed by atoms with Crippen LogP contribution in [0.4, 0.5) is 0 Å². The van der Waals surface area contributed by atoms with Gasteiger partial charge in [0.15, 0.2) is 0 Å². The van der Waals surface area contributed by atoms with Gasteiger partial charge in [0.05, 0.1) is 0 Å². The molecule has 1 rings (SSSR count). The highest BCUT2D eigenvalue weighted by atomic mass is 14.9. The number of rotatable bonds is 8. The molecule has 0 aliphatic carbocycles. The number of aryl methyl sites for hydroxylation is 1. The molecule has 0 saturated carbocycles. The van der Waals surface area contributed by atoms with E-state index in [9.17, 15) is 0 Å². The summed E-state index contributed by atoms with van der Waals surface area (Å²) in [5.74, 6) is 1.45. The lowest BCUT2D eigenvalue weighted by Crippen LogP contribution is -2.28. The Balaban J connectivity index is 2.70. The van der Waals surface area contributed by atoms with Gasteiger partial charge in [-0.05, 0) is 30.7 Å². The Kier molecular flexibility index (Phi) is 7.15. The molecule has 0 aliphatic rings. The van der Waals surface area contributed by atoms with Crippen LogP contribution in [0.3, 0.4) is 0 Å². The summed E-state index contributed by atoms with van der Waals surface area (Å²) in [5.41, 5.74) is 2.84. The van der Waals surface area contributed by atoms with Gasteiger partial charge in [0.25, 0.3) is 0 Å². The Morgan fingerprint density at radius 1 is 1.05 bits per heavy atom. The third-order valence-corrected chi connectivity index (χ3v) is 3.79. The zero-order valence-electron chi connectivity index (χ0n) is 13.4. The molecule has 0 saturated heterocycles. The van der Waals surface area contributed by atoms with Crippen LogP contribution in [0.25, 0.3) is 0 Å². The summed E-state index contributed by atoms with van der Waals surface area (Å²) in [5, 5.41) is 3.61. The quantitative estimate of drug-likeness (QED) is 0.701. The molecule has 1 nitrogen and oxygen atoms in total. The average molecular weight is 261 g/mol. The third-order valence-electron chi connectivity index (χ3n) is 3.79. The molecule has 0 spiro atoms. The molecule has 1 aromatic rings. The van der Waals surface area contributed by atoms with Gasteiger partial charge in [-0.2, -0.15) is 0 Å². The molecule has 1 aromatic carbocycles. The van der Waals surface area contributed by atoms with E-state index in [4.69, 9.17) is 0 Å². The van der Waals surface area contributed by atoms with Gasteiger partial charge in [-0.3, -0.25) is 0 Å². The molecule has 1 N–H and O–H groups in total. The molecular weight excluding hydrogens is 230 g/mol. The van der Waals surface area contributed by atoms with Gasteiger partial charge < -0.3 is 5.32 Å². The molecule has 108 valence electrons. The number of hydrogen-bond donors (Lipinski definition) is 1. The summed E-state index contributed by atoms with van der Waals surface area (Å²) in [6, 6.07) is 9.65. The Morgan fingerprint density at radius 3 is 2.21 bits per heavy atom. The second-order valence-electron chi connectivity index (χ2n) is 6.30. The van der Waals surface area contributed by atoms with Crippen molar-refractivity contribution in [2.24, 2.45) is 5.92 Å². The zero-order chi connectivity index (χ0) is 14.3. The summed E-state index contributed by atoms with van der Waals surface area (Å²) >= 11 is 0. The first-order valence-electron chi connectivity index (χ1n) is 7.82. The maximum atomic E-state index is 3.61. The van der Waals surface area contributed by atoms with Gasteiger partial charge in [-0.15, -0.1) is 0 Å². The van der Waals surface area contributed by atoms with Crippen molar-refractivity contribution in [3.63, 3.8) is 0 Å². The minimum atomic E-state index is 0.564. The van der Waals surface area contributed by atoms with Gasteiger partial charge in [0, 0.05) is 12.6 Å². The average Bonchev–Trinajstić information content (AvgIpc) is 2.35. The first-order valence-corrected chi connectivity index (χ1v) is 7.82. The highest BCUT2D eigenvalue weighted by molar-refractivity contribution is 5.24. The molecule has 1 heteroatoms. The highest BCUT2D eigenvalue weighted by Gasteiger charge is 2.15. The fourth-order valence-electron chi connectivity index (χ4n) is 2.65. The molecule has 0 aliphatic heterocycles. The molecule has 0 radical (unpaired) electrons. The minimum Gasteiger partial charge on any atom is -0.314 e. The van der Waals surface area contributed by atoms with Crippen LogP contribution in [0, 0.1) is 12.8 Å². The summed E-state index contributed by atoms with van der Waals surface area (Å²) in [4.78, 5) is 0. The highest BCUT2D eigenvalue weighted by Crippen LogP contribution is 2.26. The van der Waals surface area contributed by atoms with Crippen LogP contribution in [0.5, 0.6) is 0 Å². The van der Waals surface area contributed by atoms with Crippen LogP contribution in [0.2, 0.25) is 0 Å². The minimum absolute atomic E-state index is 0.564. The summed E-state index contributed by atoms with van der Waals surface area (Å²) in [7, 11) is 0. The van der Waals surface area contributed by atoms with Gasteiger partial charge in [-0.25, -0.2) is 0 Å². The molecule has 0 heterocycles. The van der Waals surface area contributed by atoms with Gasteiger partial charge in [0.1, 0.15) is 0 Å². The van der Waals surface area contributed by atoms with Crippen LogP contribution in [0.15, 0.2) is 24.3 Å². The van der Waals surface area contributed by atoms with Crippen molar-refractivity contribution in [1.29, 1.82) is 0 Å². The maximum absolute atomic E-state index is 3.61. The zero-order valence-corrected chi connectivity index (χ0v) is 13.4. The van der Waals surface area contributed by atoms with Crippen LogP contribution in [0.1, 0.15) is 64.0 Å². The van der Waals surface area contributed by atoms with Crippen molar-refractivity contribution in [1.82, 2.24) is 5.32 Å². The predicted octanol–water partition coefficient (Wildman–Crippen LogP) is 4.90. The molecule has 19 heavy (non-hydrogen) atoms. The van der Waals surface area contributed by atoms with Gasteiger partial charge in [-0.1, -0.05) is 70.4 Å². The van der Waals surface area contributed by atoms with Crippen LogP contribution in [-0.4, -0.2) is 12.6 Å². The SMILES string of the molecule is CCCC(C)CC(CNC(C)C)c1ccc(C)cc1. The Morgan fingerprint density at radius 2 is 1.68 bits per heavy atom. The van der Waals surface area contributed by atoms with E-state index in [2.05, 4.69) is 64.2 Å². The van der Waals surface area contributed by atoms with Crippen molar-refractivity contribution in [3.05, 3.63) is 35.4 Å². The predicted molar refractivity (Wildman–Crippen MR) is 85.7 cm³/mol. The second kappa shape index (κ2) is 8.37. The lowest BCUT2D eigenvalue weighted by atomic mass is 9.87. The first-order chi connectivity index (χ1) is 9.02. The van der Waals surface area contributed by atoms with Gasteiger partial charge in [0.2, 0.25) is 0 Å². The van der Waals surface area contributed by atoms with E-state index in [0.717, 1.165) is 12.5 Å². The normalized spacial score (nSPS) is 14.6. The molecule has 0 fully saturated rings. The van der Waals surface area contributed by atoms with Crippen LogP contribution >= 0.6 is 0 Å². The molecule has 2 atom stereocenters. The molecule has 0 aromatic heterocycles. The van der Waals surface area contributed by atoms with Crippen LogP contribution in [-0.2, 0) is 0 Å². The number of benzene rings is 1. The molecule has 2 unspecified atom stereocenters. The third kappa shape index (κ3) is 6.24. The van der Waals surface area contributed by atoms with Crippen molar-refractivity contribution in [2.45, 2.75) is 65.8 Å². The van der Waals surface area contributed by atoms with E-state index in [1.807, 2.05) is 0 Å². The van der Waals surface area contributed by atoms with E-state index < -0.39 is 0 Å². The molecule has 0 bridgehead atoms. The van der Waals surface area contributed by atoms with E-state index in [-0.39, 0.29) is 0 Å². The fraction of sp³-hybridized carbons (Fsp3) is 0.667. The maximum Gasteiger partial charge on any atom is 0.00226 e. The van der Waals surface area contributed by atoms with E-state index >= 15 is 0 Å². The van der Waals surface area contributed by atoms with E-state index in [1.165, 1.54) is 30.4 Å². The molecule has 0 amide bonds. The van der Waals surface area contributed by atoms with Gasteiger partial charge >= 0.3 is 0 Å². The van der Waals surface area contributed by atoms with Crippen molar-refractivity contribution in [2.75, 3.05) is 6.54 Å². The van der Waals surface area contributed by atoms with Crippen molar-refractivity contribution >= 4 is 0 Å². The summed E-state index contributed by atoms with van der Waals surface area (Å²) in [6.45, 7) is 12.4. The largest absolute Gasteiger partial charge is 0.314 e. The number of nitrogens with one attached hydrogen (secondary N) is 1. The fourth-order valence-corrected chi connectivity index (χ4v) is 2.65. The molecular formula is C18H31N. The number of hydrogen-bond acceptors (Lipinski definition) is 1. The van der Waals surface area contributed by atoms with Crippen LogP contribution < -0.4 is 5.32 Å². The first kappa shape index (κ1) is 16.2. The van der Waals surface area contributed by atoms with Crippen molar-refractivity contribution in [3.8, 4) is 0 Å². The Hall–Kier alpha value is -0.820. The lowest BCUT2D eigenvalue weighted by Gasteiger charge is -2.23. The van der Waals surface area contributed by atoms with Crippen molar-refractivity contribution < 1.29 is 0 Å². The Bertz CT molecular complexity index is 339. The smallest absolute Gasteiger partial charge is 0.00226 e. The Labute approximate surface area is 119 Å². The summed E-state index contributed by atoms with van der Waals surface area (Å²) in [6.07, 6.45) is 3.92. The second-order valence-corrected chi connectivity index (χ2v) is 6.30.